The van der Waals surface area contributed by atoms with Crippen LogP contribution in [0.4, 0.5) is 21.6 Å². The second-order valence-corrected chi connectivity index (χ2v) is 11.2. The Labute approximate surface area is 198 Å². The second kappa shape index (κ2) is 9.54. The number of hydrogen-bond donors (Lipinski definition) is 2. The summed E-state index contributed by atoms with van der Waals surface area (Å²) in [7, 11) is -2.14. The van der Waals surface area contributed by atoms with E-state index in [0.29, 0.717) is 34.2 Å². The van der Waals surface area contributed by atoms with E-state index in [1.165, 1.54) is 24.5 Å². The number of carbonyl (C=O) groups excluding carboxylic acids is 1. The van der Waals surface area contributed by atoms with Gasteiger partial charge in [0.25, 0.3) is 5.91 Å². The predicted molar refractivity (Wildman–Crippen MR) is 132 cm³/mol. The van der Waals surface area contributed by atoms with E-state index in [4.69, 9.17) is 4.74 Å². The summed E-state index contributed by atoms with van der Waals surface area (Å²) in [5, 5.41) is 6.73. The SMILES string of the molecule is Cc1cc(N=S2(=O)CCC2)cc2ncnc(Nc3ccc(F)cc3O[C@H](C)C(=O)NC(C)C)c12. The van der Waals surface area contributed by atoms with Crippen LogP contribution in [0.5, 0.6) is 5.75 Å². The third-order valence-corrected chi connectivity index (χ3v) is 7.82. The Morgan fingerprint density at radius 1 is 1.18 bits per heavy atom. The highest BCUT2D eigenvalue weighted by molar-refractivity contribution is 7.95. The number of rotatable bonds is 7. The van der Waals surface area contributed by atoms with Gasteiger partial charge in [-0.05, 0) is 63.9 Å². The fraction of sp³-hybridized carbons (Fsp3) is 0.375. The Balaban J connectivity index is 1.67. The molecule has 2 N–H and O–H groups in total. The minimum atomic E-state index is -2.14. The topological polar surface area (TPSA) is 106 Å². The molecule has 4 rings (SSSR count). The molecule has 1 atom stereocenters. The normalized spacial score (nSPS) is 15.5. The Hall–Kier alpha value is -3.27. The summed E-state index contributed by atoms with van der Waals surface area (Å²) in [6.45, 7) is 7.22. The highest BCUT2D eigenvalue weighted by Crippen LogP contribution is 2.34. The molecule has 1 aromatic heterocycles. The molecule has 0 saturated carbocycles. The van der Waals surface area contributed by atoms with Gasteiger partial charge in [-0.25, -0.2) is 18.6 Å². The van der Waals surface area contributed by atoms with Crippen molar-refractivity contribution in [1.82, 2.24) is 15.3 Å². The quantitative estimate of drug-likeness (QED) is 0.506. The summed E-state index contributed by atoms with van der Waals surface area (Å²) < 4.78 is 36.8. The van der Waals surface area contributed by atoms with Crippen LogP contribution >= 0.6 is 0 Å². The number of hydrogen-bond acceptors (Lipinski definition) is 7. The molecule has 2 heterocycles. The van der Waals surface area contributed by atoms with Gasteiger partial charge in [-0.1, -0.05) is 0 Å². The molecule has 1 aliphatic heterocycles. The maximum atomic E-state index is 14.0. The first-order valence-electron chi connectivity index (χ1n) is 11.1. The molecule has 2 aromatic carbocycles. The van der Waals surface area contributed by atoms with Gasteiger partial charge in [-0.2, -0.15) is 4.36 Å². The zero-order valence-corrected chi connectivity index (χ0v) is 20.4. The van der Waals surface area contributed by atoms with Gasteiger partial charge in [0.15, 0.2) is 6.10 Å². The van der Waals surface area contributed by atoms with Crippen molar-refractivity contribution in [2.75, 3.05) is 16.8 Å². The lowest BCUT2D eigenvalue weighted by atomic mass is 10.1. The zero-order valence-electron chi connectivity index (χ0n) is 19.6. The maximum absolute atomic E-state index is 14.0. The first kappa shape index (κ1) is 23.9. The van der Waals surface area contributed by atoms with Crippen molar-refractivity contribution in [1.29, 1.82) is 0 Å². The number of aryl methyl sites for hydroxylation is 1. The maximum Gasteiger partial charge on any atom is 0.260 e. The summed E-state index contributed by atoms with van der Waals surface area (Å²) in [6.07, 6.45) is 1.52. The van der Waals surface area contributed by atoms with Gasteiger partial charge in [0.2, 0.25) is 0 Å². The molecule has 3 aromatic rings. The lowest BCUT2D eigenvalue weighted by Gasteiger charge is -2.20. The number of nitrogens with zero attached hydrogens (tertiary/aromatic N) is 3. The minimum Gasteiger partial charge on any atom is -0.479 e. The number of aromatic nitrogens is 2. The molecule has 10 heteroatoms. The summed E-state index contributed by atoms with van der Waals surface area (Å²) in [5.74, 6) is 1.15. The molecule has 0 bridgehead atoms. The van der Waals surface area contributed by atoms with Crippen LogP contribution < -0.4 is 15.4 Å². The van der Waals surface area contributed by atoms with E-state index >= 15 is 0 Å². The summed E-state index contributed by atoms with van der Waals surface area (Å²) in [5.41, 5.74) is 2.59. The largest absolute Gasteiger partial charge is 0.479 e. The molecule has 0 aliphatic carbocycles. The van der Waals surface area contributed by atoms with Crippen molar-refractivity contribution in [3.8, 4) is 5.75 Å². The van der Waals surface area contributed by atoms with Crippen LogP contribution in [0.2, 0.25) is 0 Å². The smallest absolute Gasteiger partial charge is 0.260 e. The standard InChI is InChI=1S/C24H28FN5O3S/c1-14(2)28-24(31)16(4)33-21-11-17(25)6-7-19(21)29-23-22-15(3)10-18(12-20(22)26-13-27-23)30-34(32)8-5-9-34/h6-7,10-14,16H,5,8-9H2,1-4H3,(H,28,31)(H,26,27,29)/t16-/m1/s1. The van der Waals surface area contributed by atoms with Gasteiger partial charge in [-0.3, -0.25) is 4.79 Å². The van der Waals surface area contributed by atoms with Gasteiger partial charge >= 0.3 is 0 Å². The molecule has 0 radical (unpaired) electrons. The van der Waals surface area contributed by atoms with Crippen molar-refractivity contribution < 1.29 is 18.1 Å². The number of fused-ring (bicyclic) bond motifs is 1. The highest BCUT2D eigenvalue weighted by Gasteiger charge is 2.21. The van der Waals surface area contributed by atoms with Gasteiger partial charge in [-0.15, -0.1) is 0 Å². The first-order valence-corrected chi connectivity index (χ1v) is 13.0. The van der Waals surface area contributed by atoms with E-state index in [2.05, 4.69) is 25.0 Å². The van der Waals surface area contributed by atoms with Crippen LogP contribution in [0.15, 0.2) is 41.0 Å². The van der Waals surface area contributed by atoms with Gasteiger partial charge in [0.05, 0.1) is 26.6 Å². The number of carbonyl (C=O) groups is 1. The number of ether oxygens (including phenoxy) is 1. The third kappa shape index (κ3) is 5.27. The van der Waals surface area contributed by atoms with Crippen molar-refractivity contribution in [3.63, 3.8) is 0 Å². The van der Waals surface area contributed by atoms with E-state index in [9.17, 15) is 13.4 Å². The van der Waals surface area contributed by atoms with Gasteiger partial charge in [0, 0.05) is 29.0 Å². The van der Waals surface area contributed by atoms with Crippen LogP contribution in [-0.2, 0) is 14.5 Å². The number of amides is 1. The van der Waals surface area contributed by atoms with E-state index in [1.54, 1.807) is 13.0 Å². The molecule has 34 heavy (non-hydrogen) atoms. The first-order chi connectivity index (χ1) is 16.1. The molecule has 180 valence electrons. The van der Waals surface area contributed by atoms with E-state index in [1.807, 2.05) is 26.8 Å². The molecule has 1 amide bonds. The van der Waals surface area contributed by atoms with Gasteiger partial charge in [0.1, 0.15) is 23.7 Å². The van der Waals surface area contributed by atoms with Crippen LogP contribution in [-0.4, -0.2) is 43.7 Å². The Kier molecular flexibility index (Phi) is 6.70. The number of benzene rings is 2. The van der Waals surface area contributed by atoms with Crippen molar-refractivity contribution in [3.05, 3.63) is 48.0 Å². The number of halogens is 1. The molecule has 0 unspecified atom stereocenters. The fourth-order valence-corrected chi connectivity index (χ4v) is 5.12. The second-order valence-electron chi connectivity index (χ2n) is 8.69. The fourth-order valence-electron chi connectivity index (χ4n) is 3.67. The molecule has 1 aliphatic rings. The van der Waals surface area contributed by atoms with Gasteiger partial charge < -0.3 is 15.4 Å². The van der Waals surface area contributed by atoms with E-state index in [0.717, 1.165) is 17.4 Å². The summed E-state index contributed by atoms with van der Waals surface area (Å²) in [4.78, 5) is 21.0. The molecule has 1 fully saturated rings. The van der Waals surface area contributed by atoms with Crippen LogP contribution in [0.3, 0.4) is 0 Å². The van der Waals surface area contributed by atoms with Crippen molar-refractivity contribution >= 4 is 43.7 Å². The molecular formula is C24H28FN5O3S. The Morgan fingerprint density at radius 3 is 2.62 bits per heavy atom. The van der Waals surface area contributed by atoms with Crippen molar-refractivity contribution in [2.24, 2.45) is 4.36 Å². The third-order valence-electron chi connectivity index (χ3n) is 5.42. The number of nitrogens with one attached hydrogen (secondary N) is 2. The van der Waals surface area contributed by atoms with Crippen LogP contribution in [0.1, 0.15) is 32.8 Å². The lowest BCUT2D eigenvalue weighted by Crippen LogP contribution is -2.40. The monoisotopic (exact) mass is 485 g/mol. The summed E-state index contributed by atoms with van der Waals surface area (Å²) in [6, 6.07) is 7.67. The molecule has 1 saturated heterocycles. The van der Waals surface area contributed by atoms with Crippen LogP contribution in [0.25, 0.3) is 10.9 Å². The Morgan fingerprint density at radius 2 is 1.94 bits per heavy atom. The highest BCUT2D eigenvalue weighted by atomic mass is 32.2. The van der Waals surface area contributed by atoms with Crippen molar-refractivity contribution in [2.45, 2.75) is 46.3 Å². The number of anilines is 2. The average molecular weight is 486 g/mol. The Bertz CT molecular complexity index is 1360. The summed E-state index contributed by atoms with van der Waals surface area (Å²) >= 11 is 0. The molecular weight excluding hydrogens is 457 g/mol. The minimum absolute atomic E-state index is 0.0435. The average Bonchev–Trinajstić information content (AvgIpc) is 2.74. The van der Waals surface area contributed by atoms with E-state index in [-0.39, 0.29) is 17.7 Å². The molecule has 8 nitrogen and oxygen atoms in total. The van der Waals surface area contributed by atoms with E-state index < -0.39 is 21.7 Å². The predicted octanol–water partition coefficient (Wildman–Crippen LogP) is 4.62. The lowest BCUT2D eigenvalue weighted by molar-refractivity contribution is -0.127. The zero-order chi connectivity index (χ0) is 24.5. The molecule has 0 spiro atoms. The van der Waals surface area contributed by atoms with Crippen LogP contribution in [0, 0.1) is 12.7 Å².